The number of phenolic OH excluding ortho intramolecular Hbond substituents is 1. The summed E-state index contributed by atoms with van der Waals surface area (Å²) in [7, 11) is 0. The number of phenols is 1. The number of pyridine rings is 2. The molecule has 1 aromatic carbocycles. The Morgan fingerprint density at radius 2 is 2.03 bits per heavy atom. The molecule has 0 saturated heterocycles. The van der Waals surface area contributed by atoms with E-state index >= 15 is 0 Å². The largest absolute Gasteiger partial charge is 0.508 e. The van der Waals surface area contributed by atoms with Crippen molar-refractivity contribution in [1.29, 1.82) is 0 Å². The van der Waals surface area contributed by atoms with Gasteiger partial charge in [0.15, 0.2) is 11.9 Å². The molecule has 174 valence electrons. The summed E-state index contributed by atoms with van der Waals surface area (Å²) in [5, 5.41) is 31.9. The van der Waals surface area contributed by atoms with Gasteiger partial charge in [0, 0.05) is 28.7 Å². The van der Waals surface area contributed by atoms with Crippen LogP contribution in [0.5, 0.6) is 5.75 Å². The van der Waals surface area contributed by atoms with E-state index in [4.69, 9.17) is 9.72 Å². The van der Waals surface area contributed by atoms with E-state index in [0.717, 1.165) is 29.4 Å². The van der Waals surface area contributed by atoms with Crippen molar-refractivity contribution in [2.24, 2.45) is 0 Å². The minimum atomic E-state index is -2.07. The van der Waals surface area contributed by atoms with Crippen molar-refractivity contribution in [2.45, 2.75) is 51.9 Å². The summed E-state index contributed by atoms with van der Waals surface area (Å²) < 4.78 is 7.01. The van der Waals surface area contributed by atoms with E-state index in [-0.39, 0.29) is 30.0 Å². The van der Waals surface area contributed by atoms with E-state index in [0.29, 0.717) is 36.2 Å². The first-order valence-corrected chi connectivity index (χ1v) is 11.2. The van der Waals surface area contributed by atoms with Crippen LogP contribution in [0, 0.1) is 0 Å². The average molecular weight is 453 g/mol. The molecule has 8 heteroatoms. The highest BCUT2D eigenvalue weighted by Crippen LogP contribution is 2.38. The molecule has 0 aliphatic carbocycles. The summed E-state index contributed by atoms with van der Waals surface area (Å²) >= 11 is 0. The monoisotopic (exact) mass is 452 g/mol. The summed E-state index contributed by atoms with van der Waals surface area (Å²) in [6.45, 7) is 3.68. The molecule has 3 heterocycles. The first-order valence-electron chi connectivity index (χ1n) is 11.2. The lowest BCUT2D eigenvalue weighted by atomic mass is 9.91. The summed E-state index contributed by atoms with van der Waals surface area (Å²) in [5.41, 5.74) is 0.994. The van der Waals surface area contributed by atoms with Crippen molar-refractivity contribution in [3.05, 3.63) is 56.9 Å². The predicted octanol–water partition coefficient (Wildman–Crippen LogP) is 2.39. The second kappa shape index (κ2) is 9.05. The zero-order valence-corrected chi connectivity index (χ0v) is 18.8. The number of hydrogen-bond acceptors (Lipinski definition) is 7. The van der Waals surface area contributed by atoms with E-state index in [1.165, 1.54) is 4.57 Å². The van der Waals surface area contributed by atoms with Gasteiger partial charge in [0.25, 0.3) is 5.56 Å². The Morgan fingerprint density at radius 3 is 2.70 bits per heavy atom. The van der Waals surface area contributed by atoms with Crippen molar-refractivity contribution in [3.8, 4) is 17.1 Å². The van der Waals surface area contributed by atoms with E-state index in [1.54, 1.807) is 24.3 Å². The Kier molecular flexibility index (Phi) is 6.34. The molecule has 0 saturated carbocycles. The topological polar surface area (TPSA) is 122 Å². The molecule has 2 aromatic heterocycles. The smallest absolute Gasteiger partial charge is 0.257 e. The van der Waals surface area contributed by atoms with Crippen molar-refractivity contribution >= 4 is 17.2 Å². The number of ether oxygens (including phenoxy) is 1. The van der Waals surface area contributed by atoms with Gasteiger partial charge < -0.3 is 24.6 Å². The number of hydrogen-bond donors (Lipinski definition) is 3. The van der Waals surface area contributed by atoms with Crippen LogP contribution in [0.25, 0.3) is 22.3 Å². The number of carbonyl (C=O) groups is 1. The third-order valence-electron chi connectivity index (χ3n) is 6.28. The van der Waals surface area contributed by atoms with Crippen LogP contribution in [0.1, 0.15) is 48.9 Å². The van der Waals surface area contributed by atoms with Crippen LogP contribution in [0.3, 0.4) is 0 Å². The molecule has 0 bridgehead atoms. The lowest BCUT2D eigenvalue weighted by Crippen LogP contribution is -2.38. The molecule has 0 amide bonds. The molecular formula is C25H28N2O6. The number of aromatic nitrogens is 2. The summed E-state index contributed by atoms with van der Waals surface area (Å²) in [6, 6.07) is 6.51. The van der Waals surface area contributed by atoms with Crippen LogP contribution in [0.15, 0.2) is 29.1 Å². The van der Waals surface area contributed by atoms with Gasteiger partial charge in [-0.05, 0) is 42.7 Å². The number of unbranched alkanes of at least 4 members (excludes halogenated alkanes) is 1. The fourth-order valence-electron chi connectivity index (χ4n) is 4.53. The maximum absolute atomic E-state index is 13.3. The van der Waals surface area contributed by atoms with E-state index < -0.39 is 17.8 Å². The van der Waals surface area contributed by atoms with Gasteiger partial charge in [0.2, 0.25) is 0 Å². The molecule has 4 rings (SSSR count). The van der Waals surface area contributed by atoms with Gasteiger partial charge in [-0.25, -0.2) is 4.98 Å². The first kappa shape index (κ1) is 23.1. The van der Waals surface area contributed by atoms with Gasteiger partial charge in [0.05, 0.1) is 36.7 Å². The van der Waals surface area contributed by atoms with Gasteiger partial charge in [-0.2, -0.15) is 0 Å². The molecular weight excluding hydrogens is 424 g/mol. The van der Waals surface area contributed by atoms with Crippen LogP contribution in [0.2, 0.25) is 0 Å². The molecule has 1 atom stereocenters. The van der Waals surface area contributed by atoms with Gasteiger partial charge in [0.1, 0.15) is 5.75 Å². The number of aryl methyl sites for hydroxylation is 1. The number of aldehydes is 1. The quantitative estimate of drug-likeness (QED) is 0.263. The second-order valence-corrected chi connectivity index (χ2v) is 8.39. The fraction of sp³-hybridized carbons (Fsp3) is 0.400. The van der Waals surface area contributed by atoms with Crippen LogP contribution < -0.4 is 5.56 Å². The molecule has 1 aliphatic heterocycles. The molecule has 8 nitrogen and oxygen atoms in total. The zero-order valence-electron chi connectivity index (χ0n) is 18.8. The Morgan fingerprint density at radius 1 is 1.24 bits per heavy atom. The standard InChI is InChI=1S/C25H28N2O6/c1-3-5-8-33-14-25(32,13-29)20-10-22-23-18(11-27(22)24(31)19(20)12-28)16(4-2)17-9-15(30)6-7-21(17)26-23/h6-7,9-10,13,28,30,32H,3-5,8,11-12,14H2,1-2H3. The lowest BCUT2D eigenvalue weighted by molar-refractivity contribution is -0.132. The van der Waals surface area contributed by atoms with Crippen molar-refractivity contribution in [1.82, 2.24) is 9.55 Å². The third kappa shape index (κ3) is 3.84. The Balaban J connectivity index is 1.91. The summed E-state index contributed by atoms with van der Waals surface area (Å²) in [5.74, 6) is 0.135. The Hall–Kier alpha value is -3.07. The number of aromatic hydroxyl groups is 1. The minimum Gasteiger partial charge on any atom is -0.508 e. The molecule has 3 aromatic rings. The van der Waals surface area contributed by atoms with Crippen LogP contribution in [0.4, 0.5) is 0 Å². The van der Waals surface area contributed by atoms with E-state index in [9.17, 15) is 24.9 Å². The molecule has 1 aliphatic rings. The number of benzene rings is 1. The second-order valence-electron chi connectivity index (χ2n) is 8.39. The average Bonchev–Trinajstić information content (AvgIpc) is 3.18. The van der Waals surface area contributed by atoms with E-state index in [2.05, 4.69) is 0 Å². The summed E-state index contributed by atoms with van der Waals surface area (Å²) in [4.78, 5) is 30.0. The van der Waals surface area contributed by atoms with Gasteiger partial charge in [-0.3, -0.25) is 9.59 Å². The molecule has 3 N–H and O–H groups in total. The number of aliphatic hydroxyl groups is 2. The molecule has 0 spiro atoms. The minimum absolute atomic E-state index is 0.0336. The van der Waals surface area contributed by atoms with Crippen molar-refractivity contribution in [2.75, 3.05) is 13.2 Å². The fourth-order valence-corrected chi connectivity index (χ4v) is 4.53. The van der Waals surface area contributed by atoms with E-state index in [1.807, 2.05) is 13.8 Å². The van der Waals surface area contributed by atoms with Crippen LogP contribution >= 0.6 is 0 Å². The highest BCUT2D eigenvalue weighted by Gasteiger charge is 2.36. The predicted molar refractivity (Wildman–Crippen MR) is 123 cm³/mol. The number of carbonyl (C=O) groups excluding carboxylic acids is 1. The number of aliphatic hydroxyl groups excluding tert-OH is 1. The summed E-state index contributed by atoms with van der Waals surface area (Å²) in [6.07, 6.45) is 2.69. The zero-order chi connectivity index (χ0) is 23.8. The SMILES string of the molecule is CCCCOCC(O)(C=O)c1cc2n(c(=O)c1CO)Cc1c-2nc2ccc(O)cc2c1CC. The Bertz CT molecular complexity index is 1280. The molecule has 33 heavy (non-hydrogen) atoms. The van der Waals surface area contributed by atoms with Crippen molar-refractivity contribution in [3.63, 3.8) is 0 Å². The molecule has 0 fully saturated rings. The highest BCUT2D eigenvalue weighted by atomic mass is 16.5. The number of rotatable bonds is 9. The first-order chi connectivity index (χ1) is 15.9. The third-order valence-corrected chi connectivity index (χ3v) is 6.28. The maximum atomic E-state index is 13.3. The molecule has 1 unspecified atom stereocenters. The van der Waals surface area contributed by atoms with Gasteiger partial charge in [-0.1, -0.05) is 20.3 Å². The number of fused-ring (bicyclic) bond motifs is 4. The lowest BCUT2D eigenvalue weighted by Gasteiger charge is -2.25. The number of nitrogens with zero attached hydrogens (tertiary/aromatic N) is 2. The van der Waals surface area contributed by atoms with Crippen molar-refractivity contribution < 1.29 is 24.9 Å². The maximum Gasteiger partial charge on any atom is 0.257 e. The van der Waals surface area contributed by atoms with Gasteiger partial charge in [-0.15, -0.1) is 0 Å². The van der Waals surface area contributed by atoms with Crippen LogP contribution in [-0.4, -0.2) is 44.4 Å². The Labute approximate surface area is 191 Å². The van der Waals surface area contributed by atoms with Crippen LogP contribution in [-0.2, 0) is 34.7 Å². The highest BCUT2D eigenvalue weighted by molar-refractivity contribution is 5.89. The van der Waals surface area contributed by atoms with Gasteiger partial charge >= 0.3 is 0 Å². The molecule has 0 radical (unpaired) electrons. The normalized spacial score (nSPS) is 14.2.